The van der Waals surface area contributed by atoms with Crippen LogP contribution in [-0.2, 0) is 4.43 Å². The van der Waals surface area contributed by atoms with E-state index in [4.69, 9.17) is 4.43 Å². The highest BCUT2D eigenvalue weighted by atomic mass is 29.6. The van der Waals surface area contributed by atoms with Crippen LogP contribution in [0.25, 0.3) is 0 Å². The standard InChI is InChI=1S/C14H34OSi3/c1-9-10-11-12-18(8)15-14(2,3)13-16(4,5)17(18,6)7/h9-13H2,1-8H3. The smallest absolute Gasteiger partial charge is 0.174 e. The van der Waals surface area contributed by atoms with E-state index in [2.05, 4.69) is 53.5 Å². The summed E-state index contributed by atoms with van der Waals surface area (Å²) in [6.07, 6.45) is 4.12. The molecule has 1 atom stereocenters. The van der Waals surface area contributed by atoms with Crippen LogP contribution in [-0.4, -0.2) is 28.1 Å². The minimum absolute atomic E-state index is 0.158. The number of unbranched alkanes of at least 4 members (excludes halogenated alkanes) is 2. The van der Waals surface area contributed by atoms with Gasteiger partial charge in [-0.2, -0.15) is 0 Å². The second-order valence-electron chi connectivity index (χ2n) is 8.24. The van der Waals surface area contributed by atoms with Crippen LogP contribution in [0.1, 0.15) is 40.0 Å². The maximum atomic E-state index is 6.79. The molecule has 0 saturated carbocycles. The zero-order chi connectivity index (χ0) is 14.2. The highest BCUT2D eigenvalue weighted by molar-refractivity contribution is 7.67. The van der Waals surface area contributed by atoms with E-state index in [9.17, 15) is 0 Å². The first-order valence-electron chi connectivity index (χ1n) is 7.68. The lowest BCUT2D eigenvalue weighted by molar-refractivity contribution is 0.120. The topological polar surface area (TPSA) is 9.23 Å². The van der Waals surface area contributed by atoms with Gasteiger partial charge in [-0.05, 0) is 32.5 Å². The van der Waals surface area contributed by atoms with E-state index >= 15 is 0 Å². The fourth-order valence-corrected chi connectivity index (χ4v) is 37.4. The third-order valence-corrected chi connectivity index (χ3v) is 46.2. The van der Waals surface area contributed by atoms with Crippen molar-refractivity contribution in [2.75, 3.05) is 0 Å². The maximum absolute atomic E-state index is 6.79. The lowest BCUT2D eigenvalue weighted by Crippen LogP contribution is -2.78. The van der Waals surface area contributed by atoms with Gasteiger partial charge in [-0.25, -0.2) is 0 Å². The summed E-state index contributed by atoms with van der Waals surface area (Å²) < 4.78 is 6.79. The fourth-order valence-electron chi connectivity index (χ4n) is 3.85. The molecule has 0 bridgehead atoms. The molecule has 1 nitrogen and oxygen atoms in total. The molecule has 0 aromatic rings. The molecular formula is C14H34OSi3. The van der Waals surface area contributed by atoms with Gasteiger partial charge in [0.15, 0.2) is 7.83 Å². The first kappa shape index (κ1) is 16.7. The van der Waals surface area contributed by atoms with E-state index < -0.39 is 22.5 Å². The van der Waals surface area contributed by atoms with Crippen LogP contribution in [0.4, 0.5) is 0 Å². The third-order valence-electron chi connectivity index (χ3n) is 5.64. The first-order chi connectivity index (χ1) is 7.97. The lowest BCUT2D eigenvalue weighted by atomic mass is 10.2. The predicted molar refractivity (Wildman–Crippen MR) is 90.9 cm³/mol. The number of hydrogen-bond donors (Lipinski definition) is 0. The van der Waals surface area contributed by atoms with Gasteiger partial charge in [0.1, 0.15) is 0 Å². The van der Waals surface area contributed by atoms with E-state index in [0.717, 1.165) is 0 Å². The summed E-state index contributed by atoms with van der Waals surface area (Å²) in [5.74, 6) is 0. The van der Waals surface area contributed by atoms with Gasteiger partial charge in [-0.15, -0.1) is 0 Å². The summed E-state index contributed by atoms with van der Waals surface area (Å²) in [4.78, 5) is 0. The second-order valence-corrected chi connectivity index (χ2v) is 35.0. The highest BCUT2D eigenvalue weighted by Gasteiger charge is 2.61. The van der Waals surface area contributed by atoms with Crippen molar-refractivity contribution in [3.05, 3.63) is 0 Å². The predicted octanol–water partition coefficient (Wildman–Crippen LogP) is 5.13. The lowest BCUT2D eigenvalue weighted by Gasteiger charge is -2.59. The van der Waals surface area contributed by atoms with Crippen molar-refractivity contribution in [3.63, 3.8) is 0 Å². The van der Waals surface area contributed by atoms with Crippen molar-refractivity contribution < 1.29 is 4.43 Å². The van der Waals surface area contributed by atoms with Crippen LogP contribution in [0, 0.1) is 0 Å². The molecule has 0 aromatic carbocycles. The van der Waals surface area contributed by atoms with Crippen molar-refractivity contribution in [2.24, 2.45) is 0 Å². The summed E-state index contributed by atoms with van der Waals surface area (Å²) in [6, 6.07) is 2.79. The van der Waals surface area contributed by atoms with Gasteiger partial charge in [0.2, 0.25) is 0 Å². The normalized spacial score (nSPS) is 33.3. The summed E-state index contributed by atoms with van der Waals surface area (Å²) in [7, 11) is -3.70. The van der Waals surface area contributed by atoms with E-state index in [-0.39, 0.29) is 5.60 Å². The zero-order valence-electron chi connectivity index (χ0n) is 13.9. The van der Waals surface area contributed by atoms with Crippen LogP contribution in [0.15, 0.2) is 0 Å². The number of rotatable bonds is 4. The average Bonchev–Trinajstić information content (AvgIpc) is 2.13. The van der Waals surface area contributed by atoms with Crippen LogP contribution in [0.3, 0.4) is 0 Å². The quantitative estimate of drug-likeness (QED) is 0.516. The minimum atomic E-state index is -1.47. The Kier molecular flexibility index (Phi) is 4.80. The second kappa shape index (κ2) is 5.19. The zero-order valence-corrected chi connectivity index (χ0v) is 16.9. The average molecular weight is 303 g/mol. The Labute approximate surface area is 117 Å². The molecule has 0 radical (unpaired) electrons. The molecule has 1 saturated heterocycles. The van der Waals surface area contributed by atoms with Crippen molar-refractivity contribution in [3.8, 4) is 0 Å². The molecule has 18 heavy (non-hydrogen) atoms. The Morgan fingerprint density at radius 2 is 1.56 bits per heavy atom. The SMILES string of the molecule is CCCCC[Si]1(C)OC(C)(C)C[Si](C)(C)[Si]1(C)C. The van der Waals surface area contributed by atoms with E-state index in [1.807, 2.05) is 0 Å². The van der Waals surface area contributed by atoms with Gasteiger partial charge in [-0.3, -0.25) is 0 Å². The van der Waals surface area contributed by atoms with Gasteiger partial charge in [0, 0.05) is 13.2 Å². The van der Waals surface area contributed by atoms with Crippen LogP contribution >= 0.6 is 0 Å². The van der Waals surface area contributed by atoms with Crippen LogP contribution < -0.4 is 0 Å². The Morgan fingerprint density at radius 3 is 2.06 bits per heavy atom. The minimum Gasteiger partial charge on any atom is -0.415 e. The van der Waals surface area contributed by atoms with E-state index in [0.29, 0.717) is 0 Å². The van der Waals surface area contributed by atoms with Gasteiger partial charge in [-0.1, -0.05) is 52.4 Å². The molecule has 1 aliphatic rings. The van der Waals surface area contributed by atoms with Gasteiger partial charge < -0.3 is 4.43 Å². The molecule has 0 amide bonds. The first-order valence-corrected chi connectivity index (χ1v) is 18.5. The van der Waals surface area contributed by atoms with Gasteiger partial charge in [0.05, 0.1) is 7.11 Å². The van der Waals surface area contributed by atoms with Crippen molar-refractivity contribution in [2.45, 2.75) is 90.5 Å². The molecule has 1 aliphatic heterocycles. The molecular weight excluding hydrogens is 268 g/mol. The Bertz CT molecular complexity index is 299. The molecule has 1 unspecified atom stereocenters. The summed E-state index contributed by atoms with van der Waals surface area (Å²) in [6.45, 7) is 20.2. The third kappa shape index (κ3) is 3.02. The monoisotopic (exact) mass is 302 g/mol. The Balaban J connectivity index is 2.98. The van der Waals surface area contributed by atoms with E-state index in [1.165, 1.54) is 31.4 Å². The van der Waals surface area contributed by atoms with Crippen LogP contribution in [0.5, 0.6) is 0 Å². The summed E-state index contributed by atoms with van der Waals surface area (Å²) in [5.41, 5.74) is 0.158. The highest BCUT2D eigenvalue weighted by Crippen LogP contribution is 2.45. The van der Waals surface area contributed by atoms with Crippen LogP contribution in [0.2, 0.25) is 44.8 Å². The molecule has 1 heterocycles. The molecule has 0 aromatic heterocycles. The Hall–Kier alpha value is 0.611. The Morgan fingerprint density at radius 1 is 1.00 bits per heavy atom. The van der Waals surface area contributed by atoms with Crippen molar-refractivity contribution in [1.29, 1.82) is 0 Å². The largest absolute Gasteiger partial charge is 0.415 e. The summed E-state index contributed by atoms with van der Waals surface area (Å²) in [5, 5.41) is 0. The molecule has 1 rings (SSSR count). The van der Waals surface area contributed by atoms with Crippen molar-refractivity contribution >= 4 is 22.5 Å². The molecule has 1 fully saturated rings. The van der Waals surface area contributed by atoms with Gasteiger partial charge >= 0.3 is 0 Å². The fraction of sp³-hybridized carbons (Fsp3) is 1.00. The summed E-state index contributed by atoms with van der Waals surface area (Å²) >= 11 is 0. The van der Waals surface area contributed by atoms with E-state index in [1.54, 1.807) is 0 Å². The molecule has 0 spiro atoms. The molecule has 108 valence electrons. The molecule has 4 heteroatoms. The van der Waals surface area contributed by atoms with Gasteiger partial charge in [0.25, 0.3) is 0 Å². The van der Waals surface area contributed by atoms with Crippen molar-refractivity contribution in [1.82, 2.24) is 0 Å². The number of hydrogen-bond acceptors (Lipinski definition) is 1. The maximum Gasteiger partial charge on any atom is 0.174 e. The molecule has 0 N–H and O–H groups in total. The molecule has 0 aliphatic carbocycles.